The Morgan fingerprint density at radius 1 is 1.44 bits per heavy atom. The molecule has 1 amide bonds. The van der Waals surface area contributed by atoms with Crippen LogP contribution in [0.4, 0.5) is 24.5 Å². The molecule has 0 spiro atoms. The average molecular weight is 262 g/mol. The first-order chi connectivity index (χ1) is 8.25. The molecule has 0 aliphatic rings. The van der Waals surface area contributed by atoms with Gasteiger partial charge >= 0.3 is 12.1 Å². The van der Waals surface area contributed by atoms with Crippen molar-refractivity contribution in [2.24, 2.45) is 0 Å². The molecule has 1 N–H and O–H groups in total. The molecule has 1 aromatic rings. The van der Waals surface area contributed by atoms with Crippen LogP contribution in [-0.4, -0.2) is 17.0 Å². The van der Waals surface area contributed by atoms with Crippen molar-refractivity contribution in [3.63, 3.8) is 0 Å². The maximum absolute atomic E-state index is 12.1. The maximum atomic E-state index is 12.1. The van der Waals surface area contributed by atoms with Gasteiger partial charge in [0.05, 0.1) is 4.92 Å². The van der Waals surface area contributed by atoms with Crippen LogP contribution in [0.2, 0.25) is 0 Å². The van der Waals surface area contributed by atoms with Crippen molar-refractivity contribution in [2.45, 2.75) is 19.5 Å². The summed E-state index contributed by atoms with van der Waals surface area (Å²) in [5.74, 6) is -2.11. The molecule has 0 fully saturated rings. The van der Waals surface area contributed by atoms with Crippen LogP contribution >= 0.6 is 0 Å². The zero-order valence-corrected chi connectivity index (χ0v) is 9.25. The van der Waals surface area contributed by atoms with E-state index in [9.17, 15) is 28.1 Å². The lowest BCUT2D eigenvalue weighted by molar-refractivity contribution is -0.384. The van der Waals surface area contributed by atoms with E-state index in [0.717, 1.165) is 18.2 Å². The second-order valence-corrected chi connectivity index (χ2v) is 3.40. The van der Waals surface area contributed by atoms with Crippen molar-refractivity contribution < 1.29 is 22.9 Å². The van der Waals surface area contributed by atoms with E-state index in [1.165, 1.54) is 0 Å². The molecule has 0 saturated carbocycles. The molecule has 0 heterocycles. The van der Waals surface area contributed by atoms with Gasteiger partial charge in [-0.05, 0) is 18.1 Å². The SMILES string of the molecule is CCc1cc([N+](=O)[O-])ccc1NC(=O)C(F)(F)F. The van der Waals surface area contributed by atoms with E-state index in [0.29, 0.717) is 0 Å². The number of aryl methyl sites for hydroxylation is 1. The van der Waals surface area contributed by atoms with Crippen LogP contribution in [0.15, 0.2) is 18.2 Å². The molecule has 98 valence electrons. The Labute approximate surface area is 99.8 Å². The third kappa shape index (κ3) is 3.19. The number of nitrogens with zero attached hydrogens (tertiary/aromatic N) is 1. The van der Waals surface area contributed by atoms with Gasteiger partial charge in [-0.3, -0.25) is 14.9 Å². The van der Waals surface area contributed by atoms with Crippen molar-refractivity contribution in [3.8, 4) is 0 Å². The van der Waals surface area contributed by atoms with Crippen LogP contribution in [0, 0.1) is 10.1 Å². The highest BCUT2D eigenvalue weighted by Crippen LogP contribution is 2.25. The second kappa shape index (κ2) is 5.03. The van der Waals surface area contributed by atoms with Gasteiger partial charge in [0.25, 0.3) is 5.69 Å². The first kappa shape index (κ1) is 13.9. The van der Waals surface area contributed by atoms with Gasteiger partial charge in [-0.2, -0.15) is 13.2 Å². The standard InChI is InChI=1S/C10H9F3N2O3/c1-2-6-5-7(15(17)18)3-4-8(6)14-9(16)10(11,12)13/h3-5H,2H2,1H3,(H,14,16). The number of halogens is 3. The quantitative estimate of drug-likeness (QED) is 0.672. The summed E-state index contributed by atoms with van der Waals surface area (Å²) in [7, 11) is 0. The van der Waals surface area contributed by atoms with E-state index in [2.05, 4.69) is 0 Å². The van der Waals surface area contributed by atoms with Crippen LogP contribution in [0.1, 0.15) is 12.5 Å². The fraction of sp³-hybridized carbons (Fsp3) is 0.300. The first-order valence-electron chi connectivity index (χ1n) is 4.91. The average Bonchev–Trinajstić information content (AvgIpc) is 2.27. The van der Waals surface area contributed by atoms with Crippen molar-refractivity contribution >= 4 is 17.3 Å². The molecule has 8 heteroatoms. The van der Waals surface area contributed by atoms with Gasteiger partial charge in [0.1, 0.15) is 0 Å². The van der Waals surface area contributed by atoms with Gasteiger partial charge in [-0.1, -0.05) is 6.92 Å². The molecule has 18 heavy (non-hydrogen) atoms. The molecule has 1 aromatic carbocycles. The monoisotopic (exact) mass is 262 g/mol. The number of carbonyl (C=O) groups is 1. The number of benzene rings is 1. The Bertz CT molecular complexity index is 486. The lowest BCUT2D eigenvalue weighted by atomic mass is 10.1. The van der Waals surface area contributed by atoms with Crippen LogP contribution in [0.25, 0.3) is 0 Å². The van der Waals surface area contributed by atoms with Gasteiger partial charge in [0, 0.05) is 17.8 Å². The van der Waals surface area contributed by atoms with Crippen LogP contribution < -0.4 is 5.32 Å². The molecular weight excluding hydrogens is 253 g/mol. The third-order valence-electron chi connectivity index (χ3n) is 2.19. The van der Waals surface area contributed by atoms with Crippen molar-refractivity contribution in [1.82, 2.24) is 0 Å². The normalized spacial score (nSPS) is 11.1. The number of carbonyl (C=O) groups excluding carboxylic acids is 1. The molecular formula is C10H9F3N2O3. The predicted molar refractivity (Wildman–Crippen MR) is 57.2 cm³/mol. The number of nitrogens with one attached hydrogen (secondary N) is 1. The highest BCUT2D eigenvalue weighted by atomic mass is 19.4. The molecule has 0 radical (unpaired) electrons. The molecule has 0 unspecified atom stereocenters. The predicted octanol–water partition coefficient (Wildman–Crippen LogP) is 2.66. The molecule has 5 nitrogen and oxygen atoms in total. The van der Waals surface area contributed by atoms with E-state index < -0.39 is 17.0 Å². The Morgan fingerprint density at radius 3 is 2.50 bits per heavy atom. The minimum absolute atomic E-state index is 0.0783. The molecule has 0 atom stereocenters. The Morgan fingerprint density at radius 2 is 2.06 bits per heavy atom. The highest BCUT2D eigenvalue weighted by molar-refractivity contribution is 5.95. The highest BCUT2D eigenvalue weighted by Gasteiger charge is 2.38. The lowest BCUT2D eigenvalue weighted by Crippen LogP contribution is -2.30. The fourth-order valence-electron chi connectivity index (χ4n) is 1.30. The molecule has 1 rings (SSSR count). The third-order valence-corrected chi connectivity index (χ3v) is 2.19. The summed E-state index contributed by atoms with van der Waals surface area (Å²) in [6.07, 6.45) is -4.73. The number of amides is 1. The minimum atomic E-state index is -4.99. The summed E-state index contributed by atoms with van der Waals surface area (Å²) in [5.41, 5.74) is -0.0518. The van der Waals surface area contributed by atoms with E-state index in [4.69, 9.17) is 0 Å². The van der Waals surface area contributed by atoms with Gasteiger partial charge in [0.2, 0.25) is 0 Å². The Hall–Kier alpha value is -2.12. The smallest absolute Gasteiger partial charge is 0.318 e. The minimum Gasteiger partial charge on any atom is -0.318 e. The van der Waals surface area contributed by atoms with Crippen LogP contribution in [0.3, 0.4) is 0 Å². The summed E-state index contributed by atoms with van der Waals surface area (Å²) < 4.78 is 36.2. The number of rotatable bonds is 3. The topological polar surface area (TPSA) is 72.2 Å². The van der Waals surface area contributed by atoms with E-state index in [1.54, 1.807) is 12.2 Å². The van der Waals surface area contributed by atoms with Crippen LogP contribution in [0.5, 0.6) is 0 Å². The number of alkyl halides is 3. The van der Waals surface area contributed by atoms with Gasteiger partial charge in [-0.25, -0.2) is 0 Å². The van der Waals surface area contributed by atoms with Crippen molar-refractivity contribution in [3.05, 3.63) is 33.9 Å². The number of nitro benzene ring substituents is 1. The van der Waals surface area contributed by atoms with Gasteiger partial charge < -0.3 is 5.32 Å². The van der Waals surface area contributed by atoms with Crippen molar-refractivity contribution in [2.75, 3.05) is 5.32 Å². The second-order valence-electron chi connectivity index (χ2n) is 3.40. The molecule has 0 aromatic heterocycles. The number of hydrogen-bond donors (Lipinski definition) is 1. The summed E-state index contributed by atoms with van der Waals surface area (Å²) in [6.45, 7) is 1.61. The van der Waals surface area contributed by atoms with Crippen LogP contribution in [-0.2, 0) is 11.2 Å². The fourth-order valence-corrected chi connectivity index (χ4v) is 1.30. The number of non-ortho nitro benzene ring substituents is 1. The largest absolute Gasteiger partial charge is 0.471 e. The number of anilines is 1. The molecule has 0 bridgehead atoms. The summed E-state index contributed by atoms with van der Waals surface area (Å²) >= 11 is 0. The Balaban J connectivity index is 3.04. The molecule has 0 saturated heterocycles. The first-order valence-corrected chi connectivity index (χ1v) is 4.91. The molecule has 0 aliphatic carbocycles. The zero-order chi connectivity index (χ0) is 13.9. The number of nitro groups is 1. The Kier molecular flexibility index (Phi) is 3.89. The summed E-state index contributed by atoms with van der Waals surface area (Å²) in [6, 6.07) is 3.25. The molecule has 0 aliphatic heterocycles. The van der Waals surface area contributed by atoms with Crippen molar-refractivity contribution in [1.29, 1.82) is 0 Å². The summed E-state index contributed by atoms with van der Waals surface area (Å²) in [4.78, 5) is 20.6. The lowest BCUT2D eigenvalue weighted by Gasteiger charge is -2.11. The summed E-state index contributed by atoms with van der Waals surface area (Å²) in [5, 5.41) is 12.2. The zero-order valence-electron chi connectivity index (χ0n) is 9.25. The van der Waals surface area contributed by atoms with E-state index >= 15 is 0 Å². The number of hydrogen-bond acceptors (Lipinski definition) is 3. The van der Waals surface area contributed by atoms with E-state index in [-0.39, 0.29) is 23.4 Å². The van der Waals surface area contributed by atoms with Gasteiger partial charge in [-0.15, -0.1) is 0 Å². The maximum Gasteiger partial charge on any atom is 0.471 e. The van der Waals surface area contributed by atoms with Gasteiger partial charge in [0.15, 0.2) is 0 Å². The van der Waals surface area contributed by atoms with E-state index in [1.807, 2.05) is 0 Å².